The van der Waals surface area contributed by atoms with Gasteiger partial charge in [0, 0.05) is 29.7 Å². The van der Waals surface area contributed by atoms with E-state index in [0.29, 0.717) is 0 Å². The van der Waals surface area contributed by atoms with Crippen molar-refractivity contribution in [2.75, 3.05) is 0 Å². The molecule has 0 unspecified atom stereocenters. The van der Waals surface area contributed by atoms with Crippen molar-refractivity contribution in [3.63, 3.8) is 0 Å². The molecule has 0 radical (unpaired) electrons. The molecule has 3 rings (SSSR count). The second kappa shape index (κ2) is 6.05. The number of esters is 2. The maximum Gasteiger partial charge on any atom is 0.330 e. The highest BCUT2D eigenvalue weighted by Gasteiger charge is 2.59. The normalized spacial score (nSPS) is 40.8. The van der Waals surface area contributed by atoms with Crippen LogP contribution in [0.5, 0.6) is 0 Å². The third-order valence-electron chi connectivity index (χ3n) is 6.29. The Morgan fingerprint density at radius 3 is 2.79 bits per heavy atom. The van der Waals surface area contributed by atoms with Gasteiger partial charge in [0.2, 0.25) is 0 Å². The molecular formula is C20H28O4. The minimum atomic E-state index is -0.271. The first-order chi connectivity index (χ1) is 11.2. The molecule has 4 heteroatoms. The van der Waals surface area contributed by atoms with Gasteiger partial charge in [-0.15, -0.1) is 0 Å². The van der Waals surface area contributed by atoms with Crippen molar-refractivity contribution in [1.29, 1.82) is 0 Å². The van der Waals surface area contributed by atoms with Gasteiger partial charge in [-0.3, -0.25) is 4.79 Å². The molecule has 0 aromatic rings. The standard InChI is InChI=1S/C20H28O4/c1-11(2)10-16(21)23-15-7-6-12(3)17-18-14(8-9-20(15,17)5)13(4)19(22)24-18/h6,10,13-15,17-18H,7-9H2,1-5H3/t13-,14+,15-,17+,18-,20-/m1/s1. The smallest absolute Gasteiger partial charge is 0.330 e. The van der Waals surface area contributed by atoms with Crippen LogP contribution in [-0.4, -0.2) is 24.1 Å². The molecule has 0 spiro atoms. The van der Waals surface area contributed by atoms with E-state index in [1.807, 2.05) is 20.8 Å². The lowest BCUT2D eigenvalue weighted by atomic mass is 9.55. The maximum absolute atomic E-state index is 12.1. The van der Waals surface area contributed by atoms with E-state index in [9.17, 15) is 9.59 Å². The molecule has 4 nitrogen and oxygen atoms in total. The fourth-order valence-electron chi connectivity index (χ4n) is 4.95. The van der Waals surface area contributed by atoms with Crippen molar-refractivity contribution in [2.24, 2.45) is 23.2 Å². The van der Waals surface area contributed by atoms with Gasteiger partial charge in [0.05, 0.1) is 5.92 Å². The minimum absolute atomic E-state index is 0.0269. The summed E-state index contributed by atoms with van der Waals surface area (Å²) in [7, 11) is 0. The van der Waals surface area contributed by atoms with E-state index in [0.717, 1.165) is 24.8 Å². The first-order valence-electron chi connectivity index (χ1n) is 8.96. The molecule has 2 fully saturated rings. The Bertz CT molecular complexity index is 613. The molecule has 0 N–H and O–H groups in total. The summed E-state index contributed by atoms with van der Waals surface area (Å²) in [6.07, 6.45) is 6.12. The summed E-state index contributed by atoms with van der Waals surface area (Å²) in [6, 6.07) is 0. The first-order valence-corrected chi connectivity index (χ1v) is 8.96. The maximum atomic E-state index is 12.1. The molecule has 0 bridgehead atoms. The first kappa shape index (κ1) is 17.2. The Kier molecular flexibility index (Phi) is 4.35. The number of fused-ring (bicyclic) bond motifs is 3. The highest BCUT2D eigenvalue weighted by Crippen LogP contribution is 2.57. The zero-order valence-electron chi connectivity index (χ0n) is 15.3. The molecule has 1 heterocycles. The van der Waals surface area contributed by atoms with Crippen molar-refractivity contribution in [3.05, 3.63) is 23.3 Å². The summed E-state index contributed by atoms with van der Waals surface area (Å²) in [5, 5.41) is 0. The molecule has 0 aromatic carbocycles. The number of hydrogen-bond acceptors (Lipinski definition) is 4. The van der Waals surface area contributed by atoms with Gasteiger partial charge in [-0.25, -0.2) is 4.79 Å². The van der Waals surface area contributed by atoms with E-state index >= 15 is 0 Å². The number of allylic oxidation sites excluding steroid dienone is 1. The predicted molar refractivity (Wildman–Crippen MR) is 91.1 cm³/mol. The summed E-state index contributed by atoms with van der Waals surface area (Å²) in [6.45, 7) is 10.1. The Morgan fingerprint density at radius 1 is 1.42 bits per heavy atom. The predicted octanol–water partition coefficient (Wildman–Crippen LogP) is 3.81. The fourth-order valence-corrected chi connectivity index (χ4v) is 4.95. The van der Waals surface area contributed by atoms with Crippen LogP contribution in [-0.2, 0) is 19.1 Å². The highest BCUT2D eigenvalue weighted by atomic mass is 16.6. The average Bonchev–Trinajstić information content (AvgIpc) is 2.76. The van der Waals surface area contributed by atoms with Crippen LogP contribution in [0, 0.1) is 23.2 Å². The van der Waals surface area contributed by atoms with Gasteiger partial charge >= 0.3 is 11.9 Å². The number of carbonyl (C=O) groups is 2. The van der Waals surface area contributed by atoms with E-state index in [1.54, 1.807) is 6.08 Å². The van der Waals surface area contributed by atoms with Gasteiger partial charge in [0.15, 0.2) is 0 Å². The van der Waals surface area contributed by atoms with Crippen LogP contribution in [0.1, 0.15) is 53.9 Å². The molecular weight excluding hydrogens is 304 g/mol. The number of ether oxygens (including phenoxy) is 2. The Balaban J connectivity index is 1.88. The average molecular weight is 332 g/mol. The summed E-state index contributed by atoms with van der Waals surface area (Å²) in [4.78, 5) is 24.2. The fraction of sp³-hybridized carbons (Fsp3) is 0.700. The molecule has 1 saturated carbocycles. The van der Waals surface area contributed by atoms with Crippen LogP contribution in [0.25, 0.3) is 0 Å². The van der Waals surface area contributed by atoms with E-state index in [4.69, 9.17) is 9.47 Å². The third kappa shape index (κ3) is 2.70. The van der Waals surface area contributed by atoms with Gasteiger partial charge < -0.3 is 9.47 Å². The summed E-state index contributed by atoms with van der Waals surface area (Å²) < 4.78 is 11.6. The van der Waals surface area contributed by atoms with E-state index < -0.39 is 0 Å². The van der Waals surface area contributed by atoms with Gasteiger partial charge in [-0.1, -0.05) is 31.1 Å². The lowest BCUT2D eigenvalue weighted by Crippen LogP contribution is -2.53. The van der Waals surface area contributed by atoms with E-state index in [-0.39, 0.29) is 47.3 Å². The molecule has 132 valence electrons. The Morgan fingerprint density at radius 2 is 2.12 bits per heavy atom. The van der Waals surface area contributed by atoms with E-state index in [2.05, 4.69) is 19.9 Å². The molecule has 0 aromatic heterocycles. The lowest BCUT2D eigenvalue weighted by Gasteiger charge is -2.52. The third-order valence-corrected chi connectivity index (χ3v) is 6.29. The molecule has 1 saturated heterocycles. The molecule has 24 heavy (non-hydrogen) atoms. The zero-order valence-corrected chi connectivity index (χ0v) is 15.3. The van der Waals surface area contributed by atoms with Gasteiger partial charge in [0.25, 0.3) is 0 Å². The topological polar surface area (TPSA) is 52.6 Å². The van der Waals surface area contributed by atoms with Gasteiger partial charge in [-0.2, -0.15) is 0 Å². The second-order valence-corrected chi connectivity index (χ2v) is 8.21. The molecule has 3 aliphatic rings. The van der Waals surface area contributed by atoms with Crippen molar-refractivity contribution in [1.82, 2.24) is 0 Å². The molecule has 2 aliphatic carbocycles. The van der Waals surface area contributed by atoms with Gasteiger partial charge in [0.1, 0.15) is 12.2 Å². The van der Waals surface area contributed by atoms with Crippen LogP contribution < -0.4 is 0 Å². The highest BCUT2D eigenvalue weighted by molar-refractivity contribution is 5.82. The van der Waals surface area contributed by atoms with Crippen LogP contribution in [0.15, 0.2) is 23.3 Å². The summed E-state index contributed by atoms with van der Waals surface area (Å²) >= 11 is 0. The number of rotatable bonds is 2. The minimum Gasteiger partial charge on any atom is -0.461 e. The second-order valence-electron chi connectivity index (χ2n) is 8.21. The van der Waals surface area contributed by atoms with Gasteiger partial charge in [-0.05, 0) is 33.6 Å². The number of carbonyl (C=O) groups excluding carboxylic acids is 2. The monoisotopic (exact) mass is 332 g/mol. The van der Waals surface area contributed by atoms with Crippen molar-refractivity contribution < 1.29 is 19.1 Å². The summed E-state index contributed by atoms with van der Waals surface area (Å²) in [5.41, 5.74) is 2.03. The van der Waals surface area contributed by atoms with Crippen molar-refractivity contribution >= 4 is 11.9 Å². The lowest BCUT2D eigenvalue weighted by molar-refractivity contribution is -0.165. The Hall–Kier alpha value is -1.58. The Labute approximate surface area is 144 Å². The van der Waals surface area contributed by atoms with Crippen LogP contribution in [0.2, 0.25) is 0 Å². The summed E-state index contributed by atoms with van der Waals surface area (Å²) in [5.74, 6) is 0.0491. The largest absolute Gasteiger partial charge is 0.461 e. The zero-order chi connectivity index (χ0) is 17.6. The molecule has 0 amide bonds. The van der Waals surface area contributed by atoms with Crippen LogP contribution in [0.4, 0.5) is 0 Å². The quantitative estimate of drug-likeness (QED) is 0.438. The van der Waals surface area contributed by atoms with Crippen LogP contribution >= 0.6 is 0 Å². The molecule has 6 atom stereocenters. The van der Waals surface area contributed by atoms with Crippen LogP contribution in [0.3, 0.4) is 0 Å². The van der Waals surface area contributed by atoms with Crippen molar-refractivity contribution in [3.8, 4) is 0 Å². The van der Waals surface area contributed by atoms with E-state index in [1.165, 1.54) is 5.57 Å². The SMILES string of the molecule is CC(C)=CC(=O)O[C@@H]1CC=C(C)[C@H]2[C@@H]3OC(=O)[C@H](C)[C@@H]3CC[C@]12C. The number of hydrogen-bond donors (Lipinski definition) is 0. The molecule has 1 aliphatic heterocycles. The van der Waals surface area contributed by atoms with Crippen molar-refractivity contribution in [2.45, 2.75) is 66.1 Å².